The molecule has 1 fully saturated rings. The number of hydrogen-bond acceptors (Lipinski definition) is 4. The van der Waals surface area contributed by atoms with Crippen LogP contribution >= 0.6 is 11.6 Å². The van der Waals surface area contributed by atoms with Crippen molar-refractivity contribution >= 4 is 23.5 Å². The van der Waals surface area contributed by atoms with Gasteiger partial charge in [0, 0.05) is 17.1 Å². The van der Waals surface area contributed by atoms with Gasteiger partial charge >= 0.3 is 5.97 Å². The standard InChI is InChI=1S/C20H20ClNO5/c1-26-17-10-14(18(23)22-12-20(8-9-20)19(24)25)4-7-16(17)27-11-13-2-5-15(21)6-3-13/h2-7,10H,8-9,11-12H2,1H3,(H,22,23)(H,24,25). The molecule has 2 aromatic rings. The number of hydrogen-bond donors (Lipinski definition) is 2. The SMILES string of the molecule is COc1cc(C(=O)NCC2(C(=O)O)CC2)ccc1OCc1ccc(Cl)cc1. The number of amides is 1. The average Bonchev–Trinajstić information content (AvgIpc) is 3.47. The van der Waals surface area contributed by atoms with Crippen LogP contribution in [0, 0.1) is 5.41 Å². The quantitative estimate of drug-likeness (QED) is 0.721. The molecule has 0 aliphatic heterocycles. The van der Waals surface area contributed by atoms with Gasteiger partial charge in [-0.25, -0.2) is 0 Å². The third kappa shape index (κ3) is 4.52. The van der Waals surface area contributed by atoms with Gasteiger partial charge < -0.3 is 19.9 Å². The van der Waals surface area contributed by atoms with Crippen molar-refractivity contribution in [2.45, 2.75) is 19.4 Å². The molecule has 1 aliphatic rings. The van der Waals surface area contributed by atoms with Gasteiger partial charge in [0.05, 0.1) is 12.5 Å². The van der Waals surface area contributed by atoms with Gasteiger partial charge in [0.2, 0.25) is 0 Å². The van der Waals surface area contributed by atoms with Crippen LogP contribution in [0.15, 0.2) is 42.5 Å². The summed E-state index contributed by atoms with van der Waals surface area (Å²) in [6, 6.07) is 12.2. The lowest BCUT2D eigenvalue weighted by molar-refractivity contribution is -0.143. The van der Waals surface area contributed by atoms with Crippen LogP contribution in [-0.2, 0) is 11.4 Å². The predicted molar refractivity (Wildman–Crippen MR) is 100 cm³/mol. The molecule has 1 amide bonds. The first-order valence-electron chi connectivity index (χ1n) is 8.50. The second-order valence-electron chi connectivity index (χ2n) is 6.55. The van der Waals surface area contributed by atoms with E-state index in [9.17, 15) is 14.7 Å². The fourth-order valence-corrected chi connectivity index (χ4v) is 2.76. The molecule has 0 heterocycles. The molecule has 0 aromatic heterocycles. The third-order valence-electron chi connectivity index (χ3n) is 4.63. The summed E-state index contributed by atoms with van der Waals surface area (Å²) < 4.78 is 11.1. The normalized spacial score (nSPS) is 14.3. The smallest absolute Gasteiger partial charge is 0.311 e. The Morgan fingerprint density at radius 1 is 1.15 bits per heavy atom. The number of ether oxygens (including phenoxy) is 2. The van der Waals surface area contributed by atoms with E-state index in [1.54, 1.807) is 30.3 Å². The summed E-state index contributed by atoms with van der Waals surface area (Å²) in [5.74, 6) is -0.277. The molecule has 0 bridgehead atoms. The molecule has 3 rings (SSSR count). The summed E-state index contributed by atoms with van der Waals surface area (Å²) in [6.07, 6.45) is 1.17. The Kier molecular flexibility index (Phi) is 5.56. The van der Waals surface area contributed by atoms with Crippen LogP contribution < -0.4 is 14.8 Å². The van der Waals surface area contributed by atoms with Gasteiger partial charge in [-0.2, -0.15) is 0 Å². The first kappa shape index (κ1) is 19.0. The number of methoxy groups -OCH3 is 1. The van der Waals surface area contributed by atoms with Crippen molar-refractivity contribution in [3.05, 3.63) is 58.6 Å². The van der Waals surface area contributed by atoms with E-state index in [4.69, 9.17) is 21.1 Å². The van der Waals surface area contributed by atoms with E-state index in [0.29, 0.717) is 41.5 Å². The molecular weight excluding hydrogens is 370 g/mol. The first-order chi connectivity index (χ1) is 12.9. The van der Waals surface area contributed by atoms with Gasteiger partial charge in [-0.3, -0.25) is 9.59 Å². The molecule has 7 heteroatoms. The highest BCUT2D eigenvalue weighted by atomic mass is 35.5. The highest BCUT2D eigenvalue weighted by Gasteiger charge is 2.50. The number of carbonyl (C=O) groups is 2. The van der Waals surface area contributed by atoms with Crippen molar-refractivity contribution in [3.8, 4) is 11.5 Å². The molecule has 0 saturated heterocycles. The Hall–Kier alpha value is -2.73. The molecule has 0 radical (unpaired) electrons. The van der Waals surface area contributed by atoms with Crippen molar-refractivity contribution < 1.29 is 24.2 Å². The molecule has 2 N–H and O–H groups in total. The number of rotatable bonds is 8. The molecular formula is C20H20ClNO5. The van der Waals surface area contributed by atoms with Crippen molar-refractivity contribution in [1.29, 1.82) is 0 Å². The zero-order valence-electron chi connectivity index (χ0n) is 14.8. The van der Waals surface area contributed by atoms with Gasteiger partial charge in [-0.05, 0) is 48.7 Å². The summed E-state index contributed by atoms with van der Waals surface area (Å²) >= 11 is 5.87. The van der Waals surface area contributed by atoms with E-state index >= 15 is 0 Å². The van der Waals surface area contributed by atoms with Crippen LogP contribution in [0.3, 0.4) is 0 Å². The zero-order valence-corrected chi connectivity index (χ0v) is 15.6. The van der Waals surface area contributed by atoms with E-state index in [0.717, 1.165) is 5.56 Å². The van der Waals surface area contributed by atoms with Crippen molar-refractivity contribution in [1.82, 2.24) is 5.32 Å². The maximum atomic E-state index is 12.3. The molecule has 1 aliphatic carbocycles. The summed E-state index contributed by atoms with van der Waals surface area (Å²) in [7, 11) is 1.50. The minimum atomic E-state index is -0.869. The number of aliphatic carboxylic acids is 1. The second kappa shape index (κ2) is 7.88. The van der Waals surface area contributed by atoms with E-state index in [-0.39, 0.29) is 12.5 Å². The monoisotopic (exact) mass is 389 g/mol. The molecule has 2 aromatic carbocycles. The Morgan fingerprint density at radius 2 is 1.85 bits per heavy atom. The van der Waals surface area contributed by atoms with Crippen LogP contribution in [0.25, 0.3) is 0 Å². The number of carbonyl (C=O) groups excluding carboxylic acids is 1. The number of nitrogens with one attached hydrogen (secondary N) is 1. The highest BCUT2D eigenvalue weighted by molar-refractivity contribution is 6.30. The lowest BCUT2D eigenvalue weighted by Crippen LogP contribution is -2.34. The van der Waals surface area contributed by atoms with Gasteiger partial charge in [0.25, 0.3) is 5.91 Å². The minimum absolute atomic E-state index is 0.123. The van der Waals surface area contributed by atoms with Crippen LogP contribution in [0.4, 0.5) is 0 Å². The van der Waals surface area contributed by atoms with Crippen LogP contribution in [0.2, 0.25) is 5.02 Å². The Balaban J connectivity index is 1.63. The summed E-state index contributed by atoms with van der Waals surface area (Å²) in [4.78, 5) is 23.5. The lowest BCUT2D eigenvalue weighted by atomic mass is 10.1. The van der Waals surface area contributed by atoms with Crippen molar-refractivity contribution in [2.75, 3.05) is 13.7 Å². The van der Waals surface area contributed by atoms with Crippen LogP contribution in [-0.4, -0.2) is 30.6 Å². The summed E-state index contributed by atoms with van der Waals surface area (Å²) in [5, 5.41) is 12.5. The Morgan fingerprint density at radius 3 is 2.44 bits per heavy atom. The molecule has 1 saturated carbocycles. The molecule has 0 atom stereocenters. The highest BCUT2D eigenvalue weighted by Crippen LogP contribution is 2.45. The fourth-order valence-electron chi connectivity index (χ4n) is 2.64. The number of carboxylic acid groups (broad SMARTS) is 1. The van der Waals surface area contributed by atoms with Gasteiger partial charge in [0.1, 0.15) is 6.61 Å². The zero-order chi connectivity index (χ0) is 19.4. The summed E-state index contributed by atoms with van der Waals surface area (Å²) in [5.41, 5.74) is 0.528. The molecule has 142 valence electrons. The number of halogens is 1. The van der Waals surface area contributed by atoms with Crippen LogP contribution in [0.1, 0.15) is 28.8 Å². The largest absolute Gasteiger partial charge is 0.493 e. The van der Waals surface area contributed by atoms with Gasteiger partial charge in [-0.1, -0.05) is 23.7 Å². The molecule has 0 spiro atoms. The van der Waals surface area contributed by atoms with E-state index in [1.807, 2.05) is 12.1 Å². The van der Waals surface area contributed by atoms with Crippen LogP contribution in [0.5, 0.6) is 11.5 Å². The number of carboxylic acids is 1. The fraction of sp³-hybridized carbons (Fsp3) is 0.300. The topological polar surface area (TPSA) is 84.9 Å². The average molecular weight is 390 g/mol. The Labute approximate surface area is 162 Å². The number of benzene rings is 2. The Bertz CT molecular complexity index is 846. The predicted octanol–water partition coefficient (Wildman–Crippen LogP) is 3.52. The molecule has 6 nitrogen and oxygen atoms in total. The van der Waals surface area contributed by atoms with E-state index in [1.165, 1.54) is 7.11 Å². The van der Waals surface area contributed by atoms with Gasteiger partial charge in [0.15, 0.2) is 11.5 Å². The third-order valence-corrected chi connectivity index (χ3v) is 4.88. The molecule has 27 heavy (non-hydrogen) atoms. The lowest BCUT2D eigenvalue weighted by Gasteiger charge is -2.14. The van der Waals surface area contributed by atoms with Gasteiger partial charge in [-0.15, -0.1) is 0 Å². The van der Waals surface area contributed by atoms with E-state index in [2.05, 4.69) is 5.32 Å². The maximum Gasteiger partial charge on any atom is 0.311 e. The second-order valence-corrected chi connectivity index (χ2v) is 6.99. The summed E-state index contributed by atoms with van der Waals surface area (Å²) in [6.45, 7) is 0.457. The van der Waals surface area contributed by atoms with Crippen molar-refractivity contribution in [2.24, 2.45) is 5.41 Å². The van der Waals surface area contributed by atoms with E-state index < -0.39 is 11.4 Å². The first-order valence-corrected chi connectivity index (χ1v) is 8.88. The van der Waals surface area contributed by atoms with Crippen molar-refractivity contribution in [3.63, 3.8) is 0 Å². The molecule has 0 unspecified atom stereocenters. The minimum Gasteiger partial charge on any atom is -0.493 e. The maximum absolute atomic E-state index is 12.3.